The third-order valence-electron chi connectivity index (χ3n) is 2.04. The Morgan fingerprint density at radius 2 is 2.36 bits per heavy atom. The van der Waals surface area contributed by atoms with E-state index in [-0.39, 0.29) is 17.4 Å². The van der Waals surface area contributed by atoms with E-state index in [4.69, 9.17) is 10.3 Å². The second-order valence-electron chi connectivity index (χ2n) is 3.42. The van der Waals surface area contributed by atoms with Crippen LogP contribution in [0, 0.1) is 5.82 Å². The highest BCUT2D eigenvalue weighted by Gasteiger charge is 2.12. The van der Waals surface area contributed by atoms with Gasteiger partial charge in [-0.3, -0.25) is 0 Å². The summed E-state index contributed by atoms with van der Waals surface area (Å²) in [4.78, 5) is 0. The average Bonchev–Trinajstić information content (AvgIpc) is 2.49. The topological polar surface area (TPSA) is 52.0 Å². The minimum absolute atomic E-state index is 0.0191. The second kappa shape index (κ2) is 3.38. The van der Waals surface area contributed by atoms with E-state index in [1.165, 1.54) is 6.07 Å². The van der Waals surface area contributed by atoms with Gasteiger partial charge in [0.25, 0.3) is 0 Å². The highest BCUT2D eigenvalue weighted by molar-refractivity contribution is 5.80. The van der Waals surface area contributed by atoms with E-state index in [0.717, 1.165) is 0 Å². The minimum Gasteiger partial charge on any atom is -0.360 e. The fourth-order valence-electron chi connectivity index (χ4n) is 1.42. The minimum atomic E-state index is -0.359. The lowest BCUT2D eigenvalue weighted by molar-refractivity contribution is 0.382. The summed E-state index contributed by atoms with van der Waals surface area (Å²) in [6.07, 6.45) is 0.569. The number of hydrogen-bond acceptors (Lipinski definition) is 3. The maximum atomic E-state index is 13.2. The van der Waals surface area contributed by atoms with Crippen LogP contribution in [0.25, 0.3) is 10.9 Å². The quantitative estimate of drug-likeness (QED) is 0.793. The van der Waals surface area contributed by atoms with Crippen LogP contribution in [0.1, 0.15) is 12.7 Å². The van der Waals surface area contributed by atoms with E-state index in [1.807, 2.05) is 6.92 Å². The van der Waals surface area contributed by atoms with Crippen LogP contribution < -0.4 is 5.73 Å². The van der Waals surface area contributed by atoms with Crippen molar-refractivity contribution in [3.8, 4) is 0 Å². The molecule has 1 atom stereocenters. The van der Waals surface area contributed by atoms with Gasteiger partial charge >= 0.3 is 0 Å². The first-order valence-corrected chi connectivity index (χ1v) is 4.47. The number of nitrogens with zero attached hydrogens (tertiary/aromatic N) is 1. The van der Waals surface area contributed by atoms with Crippen molar-refractivity contribution in [1.82, 2.24) is 5.16 Å². The summed E-state index contributed by atoms with van der Waals surface area (Å²) in [5.74, 6) is 0.289. The molecular formula is C10H11FN2O. The standard InChI is InChI=1S/C10H11FN2O/c1-6(12)5-9-7-3-2-4-8(11)10(7)13-14-9/h2-4,6H,5,12H2,1H3. The summed E-state index contributed by atoms with van der Waals surface area (Å²) in [6, 6.07) is 4.77. The summed E-state index contributed by atoms with van der Waals surface area (Å²) in [6.45, 7) is 1.87. The monoisotopic (exact) mass is 194 g/mol. The Bertz CT molecular complexity index is 450. The molecule has 4 heteroatoms. The Balaban J connectivity index is 2.52. The Hall–Kier alpha value is -1.42. The van der Waals surface area contributed by atoms with Crippen LogP contribution in [-0.2, 0) is 6.42 Å². The number of aromatic nitrogens is 1. The Labute approximate surface area is 80.7 Å². The maximum absolute atomic E-state index is 13.2. The van der Waals surface area contributed by atoms with Crippen molar-refractivity contribution in [2.24, 2.45) is 5.73 Å². The molecular weight excluding hydrogens is 183 g/mol. The first-order valence-electron chi connectivity index (χ1n) is 4.47. The van der Waals surface area contributed by atoms with Gasteiger partial charge in [-0.05, 0) is 19.1 Å². The zero-order valence-electron chi connectivity index (χ0n) is 7.83. The average molecular weight is 194 g/mol. The Morgan fingerprint density at radius 1 is 1.57 bits per heavy atom. The summed E-state index contributed by atoms with van der Waals surface area (Å²) in [5.41, 5.74) is 5.91. The van der Waals surface area contributed by atoms with Gasteiger partial charge < -0.3 is 10.3 Å². The van der Waals surface area contributed by atoms with E-state index in [0.29, 0.717) is 17.6 Å². The van der Waals surface area contributed by atoms with Gasteiger partial charge in [-0.25, -0.2) is 4.39 Å². The zero-order chi connectivity index (χ0) is 10.1. The van der Waals surface area contributed by atoms with Crippen molar-refractivity contribution < 1.29 is 8.91 Å². The normalized spacial score (nSPS) is 13.4. The first kappa shape index (κ1) is 9.15. The lowest BCUT2D eigenvalue weighted by Gasteiger charge is -1.99. The van der Waals surface area contributed by atoms with E-state index in [2.05, 4.69) is 5.16 Å². The third-order valence-corrected chi connectivity index (χ3v) is 2.04. The van der Waals surface area contributed by atoms with Crippen molar-refractivity contribution in [2.45, 2.75) is 19.4 Å². The number of halogens is 1. The number of nitrogens with two attached hydrogens (primary N) is 1. The van der Waals surface area contributed by atoms with Crippen LogP contribution in [0.3, 0.4) is 0 Å². The molecule has 74 valence electrons. The van der Waals surface area contributed by atoms with E-state index in [9.17, 15) is 4.39 Å². The molecule has 2 aromatic rings. The second-order valence-corrected chi connectivity index (χ2v) is 3.42. The van der Waals surface area contributed by atoms with Gasteiger partial charge in [0.15, 0.2) is 5.82 Å². The van der Waals surface area contributed by atoms with Crippen LogP contribution in [0.2, 0.25) is 0 Å². The molecule has 2 N–H and O–H groups in total. The van der Waals surface area contributed by atoms with Crippen molar-refractivity contribution in [3.05, 3.63) is 29.8 Å². The van der Waals surface area contributed by atoms with Crippen LogP contribution in [0.4, 0.5) is 4.39 Å². The van der Waals surface area contributed by atoms with Crippen molar-refractivity contribution >= 4 is 10.9 Å². The lowest BCUT2D eigenvalue weighted by Crippen LogP contribution is -2.17. The molecule has 0 spiro atoms. The molecule has 0 aliphatic rings. The molecule has 1 unspecified atom stereocenters. The van der Waals surface area contributed by atoms with Crippen molar-refractivity contribution in [3.63, 3.8) is 0 Å². The first-order chi connectivity index (χ1) is 6.68. The summed E-state index contributed by atoms with van der Waals surface area (Å²) in [7, 11) is 0. The highest BCUT2D eigenvalue weighted by Crippen LogP contribution is 2.21. The molecule has 0 fully saturated rings. The van der Waals surface area contributed by atoms with Gasteiger partial charge in [0.2, 0.25) is 0 Å². The van der Waals surface area contributed by atoms with Crippen molar-refractivity contribution in [1.29, 1.82) is 0 Å². The molecule has 0 aliphatic heterocycles. The molecule has 0 bridgehead atoms. The largest absolute Gasteiger partial charge is 0.360 e. The molecule has 0 amide bonds. The Morgan fingerprint density at radius 3 is 3.07 bits per heavy atom. The molecule has 0 saturated carbocycles. The van der Waals surface area contributed by atoms with Gasteiger partial charge in [-0.15, -0.1) is 0 Å². The van der Waals surface area contributed by atoms with Gasteiger partial charge in [0.1, 0.15) is 11.3 Å². The van der Waals surface area contributed by atoms with E-state index < -0.39 is 0 Å². The molecule has 2 rings (SSSR count). The molecule has 0 radical (unpaired) electrons. The van der Waals surface area contributed by atoms with E-state index in [1.54, 1.807) is 12.1 Å². The molecule has 0 saturated heterocycles. The fraction of sp³-hybridized carbons (Fsp3) is 0.300. The fourth-order valence-corrected chi connectivity index (χ4v) is 1.42. The number of fused-ring (bicyclic) bond motifs is 1. The smallest absolute Gasteiger partial charge is 0.152 e. The molecule has 1 aromatic carbocycles. The van der Waals surface area contributed by atoms with Crippen LogP contribution in [0.5, 0.6) is 0 Å². The molecule has 3 nitrogen and oxygen atoms in total. The molecule has 1 heterocycles. The maximum Gasteiger partial charge on any atom is 0.152 e. The number of rotatable bonds is 2. The van der Waals surface area contributed by atoms with Crippen LogP contribution in [-0.4, -0.2) is 11.2 Å². The zero-order valence-corrected chi connectivity index (χ0v) is 7.83. The van der Waals surface area contributed by atoms with Crippen LogP contribution >= 0.6 is 0 Å². The van der Waals surface area contributed by atoms with Gasteiger partial charge in [-0.2, -0.15) is 0 Å². The number of hydrogen-bond donors (Lipinski definition) is 1. The predicted octanol–water partition coefficient (Wildman–Crippen LogP) is 1.86. The number of benzene rings is 1. The van der Waals surface area contributed by atoms with E-state index >= 15 is 0 Å². The summed E-state index contributed by atoms with van der Waals surface area (Å²) < 4.78 is 18.2. The van der Waals surface area contributed by atoms with Crippen molar-refractivity contribution in [2.75, 3.05) is 0 Å². The third kappa shape index (κ3) is 1.48. The summed E-state index contributed by atoms with van der Waals surface area (Å²) >= 11 is 0. The van der Waals surface area contributed by atoms with Crippen LogP contribution in [0.15, 0.2) is 22.7 Å². The molecule has 0 aliphatic carbocycles. The van der Waals surface area contributed by atoms with Gasteiger partial charge in [-0.1, -0.05) is 11.2 Å². The SMILES string of the molecule is CC(N)Cc1onc2c(F)cccc12. The van der Waals surface area contributed by atoms with Gasteiger partial charge in [0.05, 0.1) is 0 Å². The lowest BCUT2D eigenvalue weighted by atomic mass is 10.1. The highest BCUT2D eigenvalue weighted by atomic mass is 19.1. The molecule has 14 heavy (non-hydrogen) atoms. The predicted molar refractivity (Wildman–Crippen MR) is 51.3 cm³/mol. The molecule has 1 aromatic heterocycles. The summed E-state index contributed by atoms with van der Waals surface area (Å²) in [5, 5.41) is 4.38. The van der Waals surface area contributed by atoms with Gasteiger partial charge in [0, 0.05) is 17.8 Å². The Kier molecular flexibility index (Phi) is 2.21.